The van der Waals surface area contributed by atoms with E-state index in [-0.39, 0.29) is 5.92 Å². The van der Waals surface area contributed by atoms with Crippen molar-refractivity contribution >= 4 is 11.6 Å². The zero-order valence-corrected chi connectivity index (χ0v) is 11.8. The molecular weight excluding hydrogens is 252 g/mol. The molecule has 0 saturated carbocycles. The minimum absolute atomic E-state index is 0.114. The van der Waals surface area contributed by atoms with Crippen molar-refractivity contribution in [3.63, 3.8) is 0 Å². The van der Waals surface area contributed by atoms with Gasteiger partial charge in [0.05, 0.1) is 19.3 Å². The molecule has 1 rings (SSSR count). The molecule has 4 heteroatoms. The summed E-state index contributed by atoms with van der Waals surface area (Å²) in [6, 6.07) is 5.47. The Hall–Kier alpha value is -0.770. The average molecular weight is 273 g/mol. The van der Waals surface area contributed by atoms with E-state index in [1.807, 2.05) is 19.1 Å². The molecule has 2 N–H and O–H groups in total. The van der Waals surface area contributed by atoms with Gasteiger partial charge in [0.15, 0.2) is 0 Å². The second-order valence-corrected chi connectivity index (χ2v) is 4.97. The van der Waals surface area contributed by atoms with E-state index in [4.69, 9.17) is 16.3 Å². The normalized spacial score (nSPS) is 16.1. The zero-order valence-electron chi connectivity index (χ0n) is 11.1. The second-order valence-electron chi connectivity index (χ2n) is 4.54. The first kappa shape index (κ1) is 15.3. The van der Waals surface area contributed by atoms with E-state index < -0.39 is 12.2 Å². The van der Waals surface area contributed by atoms with Gasteiger partial charge in [-0.1, -0.05) is 18.5 Å². The summed E-state index contributed by atoms with van der Waals surface area (Å²) in [4.78, 5) is 0. The van der Waals surface area contributed by atoms with Crippen LogP contribution < -0.4 is 4.74 Å². The standard InChI is InChI=1S/C14H21ClO3/c1-4-10(7-13(17)9(2)16)12-8-11(15)5-6-14(12)18-3/h5-6,8-10,13,16-17H,4,7H2,1-3H3. The van der Waals surface area contributed by atoms with E-state index in [9.17, 15) is 10.2 Å². The molecule has 102 valence electrons. The maximum absolute atomic E-state index is 9.80. The van der Waals surface area contributed by atoms with Crippen molar-refractivity contribution < 1.29 is 14.9 Å². The molecule has 0 amide bonds. The summed E-state index contributed by atoms with van der Waals surface area (Å²) in [5.41, 5.74) is 0.979. The summed E-state index contributed by atoms with van der Waals surface area (Å²) < 4.78 is 5.32. The molecule has 0 radical (unpaired) electrons. The molecule has 3 nitrogen and oxygen atoms in total. The fourth-order valence-electron chi connectivity index (χ4n) is 2.03. The molecule has 0 spiro atoms. The largest absolute Gasteiger partial charge is 0.496 e. The van der Waals surface area contributed by atoms with Crippen LogP contribution in [0.1, 0.15) is 38.2 Å². The summed E-state index contributed by atoms with van der Waals surface area (Å²) in [6.07, 6.45) is -0.131. The maximum Gasteiger partial charge on any atom is 0.122 e. The number of rotatable bonds is 6. The minimum atomic E-state index is -0.737. The third kappa shape index (κ3) is 3.87. The highest BCUT2D eigenvalue weighted by Crippen LogP contribution is 2.34. The van der Waals surface area contributed by atoms with Gasteiger partial charge in [0.25, 0.3) is 0 Å². The van der Waals surface area contributed by atoms with Gasteiger partial charge in [0, 0.05) is 5.02 Å². The topological polar surface area (TPSA) is 49.7 Å². The van der Waals surface area contributed by atoms with Gasteiger partial charge in [-0.05, 0) is 49.4 Å². The van der Waals surface area contributed by atoms with E-state index in [2.05, 4.69) is 0 Å². The highest BCUT2D eigenvalue weighted by Gasteiger charge is 2.21. The number of aliphatic hydroxyl groups is 2. The summed E-state index contributed by atoms with van der Waals surface area (Å²) >= 11 is 6.01. The summed E-state index contributed by atoms with van der Waals surface area (Å²) in [5.74, 6) is 0.882. The van der Waals surface area contributed by atoms with Gasteiger partial charge in [0.2, 0.25) is 0 Å². The van der Waals surface area contributed by atoms with E-state index in [1.165, 1.54) is 0 Å². The lowest BCUT2D eigenvalue weighted by atomic mass is 9.89. The van der Waals surface area contributed by atoms with Gasteiger partial charge in [-0.15, -0.1) is 0 Å². The Kier molecular flexibility index (Phi) is 5.93. The maximum atomic E-state index is 9.80. The van der Waals surface area contributed by atoms with Gasteiger partial charge in [-0.25, -0.2) is 0 Å². The summed E-state index contributed by atoms with van der Waals surface area (Å²) in [6.45, 7) is 3.63. The van der Waals surface area contributed by atoms with E-state index in [1.54, 1.807) is 20.1 Å². The van der Waals surface area contributed by atoms with Crippen LogP contribution in [-0.2, 0) is 0 Å². The highest BCUT2D eigenvalue weighted by molar-refractivity contribution is 6.30. The number of methoxy groups -OCH3 is 1. The Bertz CT molecular complexity index is 379. The fourth-order valence-corrected chi connectivity index (χ4v) is 2.21. The van der Waals surface area contributed by atoms with Gasteiger partial charge in [-0.3, -0.25) is 0 Å². The molecule has 3 unspecified atom stereocenters. The molecule has 0 aliphatic carbocycles. The number of halogens is 1. The molecule has 0 aliphatic rings. The number of aliphatic hydroxyl groups excluding tert-OH is 2. The summed E-state index contributed by atoms with van der Waals surface area (Å²) in [5, 5.41) is 19.8. The molecule has 1 aromatic carbocycles. The van der Waals surface area contributed by atoms with Crippen LogP contribution in [0.2, 0.25) is 5.02 Å². The Morgan fingerprint density at radius 3 is 2.50 bits per heavy atom. The lowest BCUT2D eigenvalue weighted by Gasteiger charge is -2.23. The number of hydrogen-bond acceptors (Lipinski definition) is 3. The first-order valence-corrected chi connectivity index (χ1v) is 6.56. The fraction of sp³-hybridized carbons (Fsp3) is 0.571. The molecule has 1 aromatic rings. The Morgan fingerprint density at radius 2 is 2.00 bits per heavy atom. The Labute approximate surface area is 113 Å². The predicted octanol–water partition coefficient (Wildman–Crippen LogP) is 2.97. The Balaban J connectivity index is 2.97. The van der Waals surface area contributed by atoms with Crippen LogP contribution in [-0.4, -0.2) is 29.5 Å². The minimum Gasteiger partial charge on any atom is -0.496 e. The van der Waals surface area contributed by atoms with Crippen LogP contribution in [0.5, 0.6) is 5.75 Å². The third-order valence-corrected chi connectivity index (χ3v) is 3.44. The molecular formula is C14H21ClO3. The SMILES string of the molecule is CCC(CC(O)C(C)O)c1cc(Cl)ccc1OC. The van der Waals surface area contributed by atoms with E-state index >= 15 is 0 Å². The van der Waals surface area contributed by atoms with Gasteiger partial charge in [0.1, 0.15) is 5.75 Å². The first-order valence-electron chi connectivity index (χ1n) is 6.19. The van der Waals surface area contributed by atoms with Crippen molar-refractivity contribution in [3.05, 3.63) is 28.8 Å². The number of ether oxygens (including phenoxy) is 1. The predicted molar refractivity (Wildman–Crippen MR) is 73.3 cm³/mol. The van der Waals surface area contributed by atoms with Crippen LogP contribution >= 0.6 is 11.6 Å². The molecule has 0 aliphatic heterocycles. The van der Waals surface area contributed by atoms with Crippen molar-refractivity contribution in [3.8, 4) is 5.75 Å². The van der Waals surface area contributed by atoms with Crippen LogP contribution in [0.15, 0.2) is 18.2 Å². The molecule has 0 bridgehead atoms. The lowest BCUT2D eigenvalue weighted by Crippen LogP contribution is -2.24. The van der Waals surface area contributed by atoms with Crippen LogP contribution in [0.25, 0.3) is 0 Å². The van der Waals surface area contributed by atoms with Crippen LogP contribution in [0.3, 0.4) is 0 Å². The molecule has 0 fully saturated rings. The number of hydrogen-bond donors (Lipinski definition) is 2. The molecule has 3 atom stereocenters. The van der Waals surface area contributed by atoms with Gasteiger partial charge >= 0.3 is 0 Å². The van der Waals surface area contributed by atoms with Crippen molar-refractivity contribution in [2.75, 3.05) is 7.11 Å². The third-order valence-electron chi connectivity index (χ3n) is 3.21. The van der Waals surface area contributed by atoms with Gasteiger partial charge < -0.3 is 14.9 Å². The molecule has 0 aromatic heterocycles. The van der Waals surface area contributed by atoms with Crippen molar-refractivity contribution in [2.24, 2.45) is 0 Å². The monoisotopic (exact) mass is 272 g/mol. The van der Waals surface area contributed by atoms with Crippen molar-refractivity contribution in [2.45, 2.75) is 44.8 Å². The summed E-state index contributed by atoms with van der Waals surface area (Å²) in [7, 11) is 1.62. The second kappa shape index (κ2) is 6.98. The van der Waals surface area contributed by atoms with E-state index in [0.717, 1.165) is 17.7 Å². The van der Waals surface area contributed by atoms with Crippen LogP contribution in [0, 0.1) is 0 Å². The average Bonchev–Trinajstić information content (AvgIpc) is 2.35. The molecule has 0 heterocycles. The zero-order chi connectivity index (χ0) is 13.7. The van der Waals surface area contributed by atoms with E-state index in [0.29, 0.717) is 11.4 Å². The van der Waals surface area contributed by atoms with Crippen molar-refractivity contribution in [1.82, 2.24) is 0 Å². The van der Waals surface area contributed by atoms with Crippen molar-refractivity contribution in [1.29, 1.82) is 0 Å². The quantitative estimate of drug-likeness (QED) is 0.837. The van der Waals surface area contributed by atoms with Gasteiger partial charge in [-0.2, -0.15) is 0 Å². The molecule has 18 heavy (non-hydrogen) atoms. The lowest BCUT2D eigenvalue weighted by molar-refractivity contribution is 0.0214. The highest BCUT2D eigenvalue weighted by atomic mass is 35.5. The first-order chi connectivity index (χ1) is 8.49. The Morgan fingerprint density at radius 1 is 1.33 bits per heavy atom. The number of benzene rings is 1. The smallest absolute Gasteiger partial charge is 0.122 e. The van der Waals surface area contributed by atoms with Crippen LogP contribution in [0.4, 0.5) is 0 Å². The molecule has 0 saturated heterocycles.